The topological polar surface area (TPSA) is 29.3 Å². The molecule has 0 bridgehead atoms. The molecule has 0 radical (unpaired) electrons. The highest BCUT2D eigenvalue weighted by Gasteiger charge is 2.00. The van der Waals surface area contributed by atoms with Crippen molar-refractivity contribution in [2.45, 2.75) is 26.7 Å². The van der Waals surface area contributed by atoms with Crippen LogP contribution in [0.15, 0.2) is 24.3 Å². The van der Waals surface area contributed by atoms with Crippen molar-refractivity contribution in [3.8, 4) is 0 Å². The maximum Gasteiger partial charge on any atom is 0.0104 e. The normalized spacial score (nSPS) is 11.0. The van der Waals surface area contributed by atoms with Gasteiger partial charge in [-0.1, -0.05) is 36.8 Å². The summed E-state index contributed by atoms with van der Waals surface area (Å²) >= 11 is 0. The highest BCUT2D eigenvalue weighted by Crippen LogP contribution is 2.07. The lowest BCUT2D eigenvalue weighted by molar-refractivity contribution is 0.292. The molecule has 0 fully saturated rings. The highest BCUT2D eigenvalue weighted by molar-refractivity contribution is 5.22. The first-order valence-corrected chi connectivity index (χ1v) is 6.24. The van der Waals surface area contributed by atoms with Crippen LogP contribution in [0.25, 0.3) is 0 Å². The van der Waals surface area contributed by atoms with Gasteiger partial charge in [-0.25, -0.2) is 0 Å². The van der Waals surface area contributed by atoms with Gasteiger partial charge in [0.2, 0.25) is 0 Å². The summed E-state index contributed by atoms with van der Waals surface area (Å²) in [4.78, 5) is 2.41. The monoisotopic (exact) mass is 220 g/mol. The van der Waals surface area contributed by atoms with Crippen LogP contribution in [-0.4, -0.2) is 31.1 Å². The van der Waals surface area contributed by atoms with Crippen LogP contribution in [0.2, 0.25) is 0 Å². The maximum absolute atomic E-state index is 5.57. The van der Waals surface area contributed by atoms with Crippen molar-refractivity contribution in [3.63, 3.8) is 0 Å². The van der Waals surface area contributed by atoms with Crippen molar-refractivity contribution < 1.29 is 0 Å². The Labute approximate surface area is 99.5 Å². The second-order valence-corrected chi connectivity index (χ2v) is 4.32. The van der Waals surface area contributed by atoms with E-state index in [1.807, 2.05) is 0 Å². The molecule has 0 spiro atoms. The van der Waals surface area contributed by atoms with Gasteiger partial charge < -0.3 is 10.6 Å². The zero-order valence-electron chi connectivity index (χ0n) is 10.6. The van der Waals surface area contributed by atoms with E-state index in [1.165, 1.54) is 24.0 Å². The minimum absolute atomic E-state index is 0.762. The van der Waals surface area contributed by atoms with E-state index in [-0.39, 0.29) is 0 Å². The Morgan fingerprint density at radius 1 is 1.25 bits per heavy atom. The Hall–Kier alpha value is -0.860. The van der Waals surface area contributed by atoms with E-state index in [2.05, 4.69) is 43.0 Å². The summed E-state index contributed by atoms with van der Waals surface area (Å²) in [5.74, 6) is 0. The van der Waals surface area contributed by atoms with Crippen LogP contribution in [0.1, 0.15) is 24.5 Å². The molecular weight excluding hydrogens is 196 g/mol. The van der Waals surface area contributed by atoms with Crippen LogP contribution in [0.4, 0.5) is 0 Å². The molecule has 1 aromatic carbocycles. The largest absolute Gasteiger partial charge is 0.329 e. The molecule has 0 saturated heterocycles. The molecule has 16 heavy (non-hydrogen) atoms. The molecular formula is C14H24N2. The van der Waals surface area contributed by atoms with Crippen LogP contribution in [0, 0.1) is 6.92 Å². The summed E-state index contributed by atoms with van der Waals surface area (Å²) in [6.07, 6.45) is 2.39. The lowest BCUT2D eigenvalue weighted by Crippen LogP contribution is -2.30. The fraction of sp³-hybridized carbons (Fsp3) is 0.571. The second-order valence-electron chi connectivity index (χ2n) is 4.32. The molecule has 0 amide bonds. The molecule has 2 heteroatoms. The van der Waals surface area contributed by atoms with Crippen molar-refractivity contribution in [1.82, 2.24) is 4.90 Å². The Morgan fingerprint density at radius 2 is 2.06 bits per heavy atom. The molecule has 0 aliphatic rings. The van der Waals surface area contributed by atoms with E-state index < -0.39 is 0 Å². The average molecular weight is 220 g/mol. The Bertz CT molecular complexity index is 297. The van der Waals surface area contributed by atoms with Crippen molar-refractivity contribution in [2.24, 2.45) is 5.73 Å². The lowest BCUT2D eigenvalue weighted by atomic mass is 10.1. The molecule has 0 aliphatic carbocycles. The predicted molar refractivity (Wildman–Crippen MR) is 70.7 cm³/mol. The summed E-state index contributed by atoms with van der Waals surface area (Å²) in [6, 6.07) is 8.78. The number of hydrogen-bond donors (Lipinski definition) is 1. The first-order valence-electron chi connectivity index (χ1n) is 6.24. The summed E-state index contributed by atoms with van der Waals surface area (Å²) < 4.78 is 0. The fourth-order valence-corrected chi connectivity index (χ4v) is 1.99. The van der Waals surface area contributed by atoms with E-state index in [1.54, 1.807) is 0 Å². The van der Waals surface area contributed by atoms with Gasteiger partial charge in [0.05, 0.1) is 0 Å². The third kappa shape index (κ3) is 4.77. The van der Waals surface area contributed by atoms with E-state index >= 15 is 0 Å². The van der Waals surface area contributed by atoms with Crippen molar-refractivity contribution >= 4 is 0 Å². The third-order valence-corrected chi connectivity index (χ3v) is 2.91. The van der Waals surface area contributed by atoms with Gasteiger partial charge in [0.15, 0.2) is 0 Å². The highest BCUT2D eigenvalue weighted by atomic mass is 15.1. The standard InChI is InChI=1S/C14H24N2/c1-3-16(11-9-15)10-5-8-14-7-4-6-13(2)12-14/h4,6-7,12H,3,5,8-11,15H2,1-2H3. The van der Waals surface area contributed by atoms with Gasteiger partial charge in [0.1, 0.15) is 0 Å². The number of aryl methyl sites for hydroxylation is 2. The quantitative estimate of drug-likeness (QED) is 0.763. The van der Waals surface area contributed by atoms with Crippen LogP contribution < -0.4 is 5.73 Å². The smallest absolute Gasteiger partial charge is 0.0104 e. The maximum atomic E-state index is 5.57. The van der Waals surface area contributed by atoms with Gasteiger partial charge in [-0.15, -0.1) is 0 Å². The average Bonchev–Trinajstić information content (AvgIpc) is 2.28. The minimum atomic E-state index is 0.762. The van der Waals surface area contributed by atoms with Gasteiger partial charge >= 0.3 is 0 Å². The fourth-order valence-electron chi connectivity index (χ4n) is 1.99. The molecule has 90 valence electrons. The molecule has 2 nitrogen and oxygen atoms in total. The number of hydrogen-bond acceptors (Lipinski definition) is 2. The SMILES string of the molecule is CCN(CCN)CCCc1cccc(C)c1. The zero-order chi connectivity index (χ0) is 11.8. The molecule has 0 aliphatic heterocycles. The van der Waals surface area contributed by atoms with Crippen LogP contribution in [-0.2, 0) is 6.42 Å². The first-order chi connectivity index (χ1) is 7.76. The Morgan fingerprint density at radius 3 is 2.69 bits per heavy atom. The second kappa shape index (κ2) is 7.42. The van der Waals surface area contributed by atoms with E-state index in [0.29, 0.717) is 0 Å². The van der Waals surface area contributed by atoms with Crippen LogP contribution in [0.3, 0.4) is 0 Å². The summed E-state index contributed by atoms with van der Waals surface area (Å²) in [5, 5.41) is 0. The number of benzene rings is 1. The number of nitrogens with two attached hydrogens (primary N) is 1. The molecule has 0 aromatic heterocycles. The third-order valence-electron chi connectivity index (χ3n) is 2.91. The van der Waals surface area contributed by atoms with Gasteiger partial charge in [-0.3, -0.25) is 0 Å². The van der Waals surface area contributed by atoms with Gasteiger partial charge in [-0.2, -0.15) is 0 Å². The molecule has 0 saturated carbocycles. The summed E-state index contributed by atoms with van der Waals surface area (Å²) in [6.45, 7) is 8.38. The number of likely N-dealkylation sites (N-methyl/N-ethyl adjacent to an activating group) is 1. The van der Waals surface area contributed by atoms with E-state index in [0.717, 1.165) is 26.2 Å². The Balaban J connectivity index is 2.29. The summed E-state index contributed by atoms with van der Waals surface area (Å²) in [7, 11) is 0. The molecule has 0 unspecified atom stereocenters. The number of nitrogens with zero attached hydrogens (tertiary/aromatic N) is 1. The van der Waals surface area contributed by atoms with Crippen molar-refractivity contribution in [1.29, 1.82) is 0 Å². The first kappa shape index (κ1) is 13.2. The Kier molecular flexibility index (Phi) is 6.12. The minimum Gasteiger partial charge on any atom is -0.329 e. The van der Waals surface area contributed by atoms with Gasteiger partial charge in [0.25, 0.3) is 0 Å². The van der Waals surface area contributed by atoms with E-state index in [9.17, 15) is 0 Å². The zero-order valence-corrected chi connectivity index (χ0v) is 10.6. The molecule has 0 heterocycles. The molecule has 0 atom stereocenters. The van der Waals surface area contributed by atoms with Crippen molar-refractivity contribution in [2.75, 3.05) is 26.2 Å². The van der Waals surface area contributed by atoms with E-state index in [4.69, 9.17) is 5.73 Å². The van der Waals surface area contributed by atoms with Gasteiger partial charge in [-0.05, 0) is 38.4 Å². The molecule has 1 aromatic rings. The number of rotatable bonds is 7. The summed E-state index contributed by atoms with van der Waals surface area (Å²) in [5.41, 5.74) is 8.37. The molecule has 2 N–H and O–H groups in total. The lowest BCUT2D eigenvalue weighted by Gasteiger charge is -2.19. The van der Waals surface area contributed by atoms with Crippen LogP contribution >= 0.6 is 0 Å². The van der Waals surface area contributed by atoms with Crippen molar-refractivity contribution in [3.05, 3.63) is 35.4 Å². The van der Waals surface area contributed by atoms with Crippen LogP contribution in [0.5, 0.6) is 0 Å². The van der Waals surface area contributed by atoms with Gasteiger partial charge in [0, 0.05) is 13.1 Å². The molecule has 1 rings (SSSR count). The predicted octanol–water partition coefficient (Wildman–Crippen LogP) is 2.21.